The molecule has 1 rings (SSSR count). The van der Waals surface area contributed by atoms with Crippen molar-refractivity contribution >= 4 is 31.4 Å². The molecule has 0 bridgehead atoms. The number of sulfonamides is 2. The van der Waals surface area contributed by atoms with Gasteiger partial charge in [0.05, 0.1) is 5.38 Å². The van der Waals surface area contributed by atoms with Gasteiger partial charge in [0.15, 0.2) is 26.2 Å². The van der Waals surface area contributed by atoms with Crippen molar-refractivity contribution in [3.8, 4) is 0 Å². The lowest BCUT2D eigenvalue weighted by Crippen LogP contribution is -2.30. The molecule has 0 radical (unpaired) electrons. The minimum atomic E-state index is -6.72. The van der Waals surface area contributed by atoms with E-state index < -0.39 is 31.1 Å². The normalized spacial score (nSPS) is 13.5. The van der Waals surface area contributed by atoms with Crippen molar-refractivity contribution in [2.75, 3.05) is 0 Å². The van der Waals surface area contributed by atoms with E-state index in [1.165, 1.54) is 0 Å². The summed E-state index contributed by atoms with van der Waals surface area (Å²) in [4.78, 5) is 0. The van der Waals surface area contributed by atoms with Crippen molar-refractivity contribution in [2.45, 2.75) is 11.0 Å². The first-order chi connectivity index (χ1) is 9.10. The van der Waals surface area contributed by atoms with Gasteiger partial charge in [-0.15, -0.1) is 0 Å². The van der Waals surface area contributed by atoms with Crippen LogP contribution in [0.1, 0.15) is 0 Å². The molecule has 0 fully saturated rings. The van der Waals surface area contributed by atoms with Crippen molar-refractivity contribution in [1.82, 2.24) is 0 Å². The summed E-state index contributed by atoms with van der Waals surface area (Å²) in [6.45, 7) is 0. The van der Waals surface area contributed by atoms with Crippen molar-refractivity contribution in [1.29, 1.82) is 0 Å². The largest absolute Gasteiger partial charge is 0.480 e. The lowest BCUT2D eigenvalue weighted by Gasteiger charge is -2.22. The Balaban J connectivity index is 0.000000547. The molecule has 0 unspecified atom stereocenters. The summed E-state index contributed by atoms with van der Waals surface area (Å²) < 4.78 is 111. The Morgan fingerprint density at radius 1 is 0.952 bits per heavy atom. The Hall–Kier alpha value is -0.930. The van der Waals surface area contributed by atoms with Gasteiger partial charge in [0.2, 0.25) is 5.51 Å². The Labute approximate surface area is 119 Å². The first-order valence-electron chi connectivity index (χ1n) is 4.34. The van der Waals surface area contributed by atoms with E-state index in [0.717, 1.165) is 4.13 Å². The summed E-state index contributed by atoms with van der Waals surface area (Å²) in [5.41, 5.74) is -10.4. The van der Waals surface area contributed by atoms with Crippen LogP contribution < -0.4 is 4.57 Å². The van der Waals surface area contributed by atoms with E-state index in [2.05, 4.69) is 0 Å². The predicted molar refractivity (Wildman–Crippen MR) is 58.8 cm³/mol. The summed E-state index contributed by atoms with van der Waals surface area (Å²) in [5, 5.41) is 2.04. The summed E-state index contributed by atoms with van der Waals surface area (Å²) in [7, 11) is -11.4. The lowest BCUT2D eigenvalue weighted by molar-refractivity contribution is -0.666. The van der Waals surface area contributed by atoms with Gasteiger partial charge in [0.1, 0.15) is 7.05 Å². The molecule has 6 nitrogen and oxygen atoms in total. The minimum Gasteiger partial charge on any atom is -0.421 e. The van der Waals surface area contributed by atoms with Crippen molar-refractivity contribution in [3.63, 3.8) is 0 Å². The fourth-order valence-corrected chi connectivity index (χ4v) is 2.82. The maximum Gasteiger partial charge on any atom is 0.480 e. The van der Waals surface area contributed by atoms with Gasteiger partial charge in [0.25, 0.3) is 0 Å². The van der Waals surface area contributed by atoms with Crippen LogP contribution in [0.15, 0.2) is 17.1 Å². The molecule has 124 valence electrons. The van der Waals surface area contributed by atoms with E-state index in [4.69, 9.17) is 0 Å². The highest BCUT2D eigenvalue weighted by molar-refractivity contribution is 8.13. The van der Waals surface area contributed by atoms with Gasteiger partial charge in [-0.25, -0.2) is 16.8 Å². The molecule has 0 atom stereocenters. The molecular weight excluding hydrogens is 374 g/mol. The third-order valence-corrected chi connectivity index (χ3v) is 4.86. The van der Waals surface area contributed by atoms with Gasteiger partial charge < -0.3 is 4.13 Å². The third kappa shape index (κ3) is 6.15. The number of alkyl halides is 6. The number of thiazole rings is 1. The zero-order valence-electron chi connectivity index (χ0n) is 9.75. The number of hydrogen-bond donors (Lipinski definition) is 0. The lowest BCUT2D eigenvalue weighted by atomic mass is 10.9. The van der Waals surface area contributed by atoms with Crippen LogP contribution >= 0.6 is 11.3 Å². The number of halogens is 6. The molecule has 1 heterocycles. The highest BCUT2D eigenvalue weighted by atomic mass is 32.3. The molecular formula is C6H6F6N2O4S3. The average Bonchev–Trinajstić information content (AvgIpc) is 2.64. The van der Waals surface area contributed by atoms with E-state index >= 15 is 0 Å². The van der Waals surface area contributed by atoms with Crippen LogP contribution in [0.25, 0.3) is 4.13 Å². The smallest absolute Gasteiger partial charge is 0.421 e. The Bertz CT molecular complexity index is 604. The Kier molecular flexibility index (Phi) is 6.16. The van der Waals surface area contributed by atoms with E-state index in [-0.39, 0.29) is 0 Å². The highest BCUT2D eigenvalue weighted by Gasteiger charge is 2.46. The fourth-order valence-electron chi connectivity index (χ4n) is 0.511. The first kappa shape index (κ1) is 20.1. The maximum atomic E-state index is 11.4. The number of rotatable bonds is 2. The summed E-state index contributed by atoms with van der Waals surface area (Å²) >= 11 is 1.70. The van der Waals surface area contributed by atoms with Crippen molar-refractivity contribution in [3.05, 3.63) is 21.2 Å². The van der Waals surface area contributed by atoms with Gasteiger partial charge in [-0.1, -0.05) is 11.3 Å². The topological polar surface area (TPSA) is 86.3 Å². The van der Waals surface area contributed by atoms with Crippen LogP contribution in [-0.4, -0.2) is 27.9 Å². The molecule has 0 aliphatic carbocycles. The van der Waals surface area contributed by atoms with Crippen molar-refractivity contribution in [2.24, 2.45) is 7.05 Å². The van der Waals surface area contributed by atoms with E-state index in [0.29, 0.717) is 0 Å². The van der Waals surface area contributed by atoms with Crippen LogP contribution in [-0.2, 0) is 27.1 Å². The van der Waals surface area contributed by atoms with Crippen LogP contribution in [0.3, 0.4) is 0 Å². The van der Waals surface area contributed by atoms with Crippen LogP contribution in [0.5, 0.6) is 0 Å². The quantitative estimate of drug-likeness (QED) is 0.577. The Morgan fingerprint density at radius 2 is 1.33 bits per heavy atom. The van der Waals surface area contributed by atoms with Gasteiger partial charge >= 0.3 is 11.0 Å². The van der Waals surface area contributed by atoms with Gasteiger partial charge in [-0.3, -0.25) is 0 Å². The molecule has 0 aliphatic heterocycles. The van der Waals surface area contributed by atoms with E-state index in [1.807, 2.05) is 28.7 Å². The maximum absolute atomic E-state index is 11.4. The highest BCUT2D eigenvalue weighted by Crippen LogP contribution is 2.36. The SMILES string of the molecule is C[n+]1ccsc1.O=S(=O)([N-]S(=O)(=O)C(F)(F)F)C(F)(F)F. The van der Waals surface area contributed by atoms with Crippen molar-refractivity contribution < 1.29 is 47.7 Å². The molecule has 0 aliphatic rings. The molecule has 0 N–H and O–H groups in total. The summed E-state index contributed by atoms with van der Waals surface area (Å²) in [6, 6.07) is 0. The average molecular weight is 380 g/mol. The van der Waals surface area contributed by atoms with Gasteiger partial charge in [0, 0.05) is 0 Å². The third-order valence-electron chi connectivity index (χ3n) is 1.38. The second kappa shape index (κ2) is 6.45. The molecule has 0 saturated heterocycles. The zero-order valence-corrected chi connectivity index (χ0v) is 12.2. The molecule has 0 saturated carbocycles. The molecule has 1 aromatic heterocycles. The number of nitrogens with zero attached hydrogens (tertiary/aromatic N) is 2. The van der Waals surface area contributed by atoms with Gasteiger partial charge in [-0.2, -0.15) is 30.9 Å². The molecule has 1 aromatic rings. The van der Waals surface area contributed by atoms with E-state index in [9.17, 15) is 43.2 Å². The van der Waals surface area contributed by atoms with E-state index in [1.54, 1.807) is 11.3 Å². The molecule has 0 aromatic carbocycles. The number of aromatic nitrogens is 1. The zero-order chi connectivity index (χ0) is 17.1. The van der Waals surface area contributed by atoms with Gasteiger partial charge in [-0.05, 0) is 0 Å². The number of aryl methyl sites for hydroxylation is 1. The Morgan fingerprint density at radius 3 is 1.48 bits per heavy atom. The molecule has 21 heavy (non-hydrogen) atoms. The molecule has 0 spiro atoms. The minimum absolute atomic E-state index is 0.778. The molecule has 0 amide bonds. The molecule has 15 heteroatoms. The summed E-state index contributed by atoms with van der Waals surface area (Å²) in [5.74, 6) is 0. The van der Waals surface area contributed by atoms with Crippen LogP contribution in [0.4, 0.5) is 26.3 Å². The van der Waals surface area contributed by atoms with Crippen LogP contribution in [0, 0.1) is 0 Å². The number of hydrogen-bond acceptors (Lipinski definition) is 5. The standard InChI is InChI=1S/C4H6NS.C2F6NO4S2/c1-5-2-3-6-4-5;3-1(4,5)14(10,11)9-15(12,13)2(6,7)8/h2-4H,1H3;/q+1;-1. The second-order valence-corrected chi connectivity index (χ2v) is 7.29. The summed E-state index contributed by atoms with van der Waals surface area (Å²) in [6.07, 6.45) is 2.02. The predicted octanol–water partition coefficient (Wildman–Crippen LogP) is 1.63. The monoisotopic (exact) mass is 380 g/mol. The second-order valence-electron chi connectivity index (χ2n) is 3.11. The van der Waals surface area contributed by atoms with Crippen LogP contribution in [0.2, 0.25) is 0 Å². The fraction of sp³-hybridized carbons (Fsp3) is 0.500. The first-order valence-corrected chi connectivity index (χ1v) is 8.17.